The summed E-state index contributed by atoms with van der Waals surface area (Å²) in [5, 5.41) is 17.1. The van der Waals surface area contributed by atoms with Gasteiger partial charge < -0.3 is 43.0 Å². The smallest absolute Gasteiger partial charge is 0.320 e. The lowest BCUT2D eigenvalue weighted by Gasteiger charge is -2.18. The van der Waals surface area contributed by atoms with Gasteiger partial charge in [-0.15, -0.1) is 0 Å². The average molecular weight is 1080 g/mol. The maximum atomic E-state index is 12.3. The molecule has 0 saturated heterocycles. The first-order valence-electron chi connectivity index (χ1n) is 21.0. The minimum absolute atomic E-state index is 0. The minimum Gasteiger partial charge on any atom is -0.352 e. The van der Waals surface area contributed by atoms with E-state index >= 15 is 0 Å². The van der Waals surface area contributed by atoms with Crippen molar-refractivity contribution in [1.82, 2.24) is 26.6 Å². The van der Waals surface area contributed by atoms with Crippen molar-refractivity contribution in [3.8, 4) is 0 Å². The number of rotatable bonds is 13. The summed E-state index contributed by atoms with van der Waals surface area (Å²) in [5.41, 5.74) is 10.8. The highest BCUT2D eigenvalue weighted by atomic mass is 32.2. The van der Waals surface area contributed by atoms with E-state index < -0.39 is 70.0 Å². The average Bonchev–Trinajstić information content (AvgIpc) is 3.23. The second-order valence-corrected chi connectivity index (χ2v) is 23.3. The molecule has 8 amide bonds. The van der Waals surface area contributed by atoms with Crippen LogP contribution >= 0.6 is 0 Å². The molecule has 0 aliphatic heterocycles. The van der Waals surface area contributed by atoms with E-state index in [9.17, 15) is 49.2 Å². The van der Waals surface area contributed by atoms with E-state index in [1.807, 2.05) is 57.3 Å². The molecule has 0 spiro atoms. The van der Waals surface area contributed by atoms with E-state index in [4.69, 9.17) is 5.73 Å². The van der Waals surface area contributed by atoms with Crippen LogP contribution in [0.5, 0.6) is 0 Å². The highest BCUT2D eigenvalue weighted by Crippen LogP contribution is 2.20. The third-order valence-corrected chi connectivity index (χ3v) is 14.5. The second-order valence-electron chi connectivity index (χ2n) is 16.6. The van der Waals surface area contributed by atoms with Crippen molar-refractivity contribution in [3.63, 3.8) is 0 Å². The molecule has 0 atom stereocenters. The van der Waals surface area contributed by atoms with Crippen molar-refractivity contribution in [1.29, 1.82) is 0 Å². The zero-order valence-corrected chi connectivity index (χ0v) is 42.8. The van der Waals surface area contributed by atoms with Crippen molar-refractivity contribution in [2.75, 3.05) is 34.8 Å². The largest absolute Gasteiger partial charge is 0.352 e. The molecule has 0 radical (unpaired) electrons. The van der Waals surface area contributed by atoms with Gasteiger partial charge in [-0.25, -0.2) is 44.4 Å². The van der Waals surface area contributed by atoms with Gasteiger partial charge >= 0.3 is 24.1 Å². The van der Waals surface area contributed by atoms with Crippen LogP contribution in [0, 0.1) is 34.6 Å². The van der Waals surface area contributed by atoms with Crippen LogP contribution in [0.4, 0.5) is 30.6 Å². The van der Waals surface area contributed by atoms with Crippen LogP contribution in [0.3, 0.4) is 0 Å². The van der Waals surface area contributed by atoms with Gasteiger partial charge in [0.25, 0.3) is 0 Å². The summed E-state index contributed by atoms with van der Waals surface area (Å²) in [5.74, 6) is -1.34. The van der Waals surface area contributed by atoms with Gasteiger partial charge in [-0.3, -0.25) is 4.79 Å². The van der Waals surface area contributed by atoms with Crippen LogP contribution in [0.2, 0.25) is 0 Å². The number of nitrogens with two attached hydrogens (primary N) is 1. The molecule has 0 aliphatic carbocycles. The van der Waals surface area contributed by atoms with Crippen LogP contribution in [0.15, 0.2) is 101 Å². The number of anilines is 2. The molecule has 19 nitrogen and oxygen atoms in total. The number of amides is 8. The number of carbonyl (C=O) groups excluding carboxylic acids is 5. The lowest BCUT2D eigenvalue weighted by atomic mass is 10.1. The number of aryl methyl sites for hydroxylation is 5. The zero-order valence-electron chi connectivity index (χ0n) is 40.4. The quantitative estimate of drug-likeness (QED) is 0.0624. The van der Waals surface area contributed by atoms with Gasteiger partial charge in [0, 0.05) is 17.4 Å². The predicted molar refractivity (Wildman–Crippen MR) is 300 cm³/mol. The number of para-hydroxylation sites is 2. The molecule has 0 aliphatic rings. The predicted octanol–water partition coefficient (Wildman–Crippen LogP) is 9.31. The van der Waals surface area contributed by atoms with Crippen LogP contribution in [-0.4, -0.2) is 90.1 Å². The minimum atomic E-state index is -3.57. The third-order valence-electron chi connectivity index (χ3n) is 8.93. The topological polar surface area (TPSA) is 298 Å². The fourth-order valence-corrected chi connectivity index (χ4v) is 8.25. The fraction of sp³-hybridized carbons (Fsp3) is 0.431. The summed E-state index contributed by atoms with van der Waals surface area (Å²) in [6.45, 7) is 19.1. The Morgan fingerprint density at radius 3 is 1.49 bits per heavy atom. The molecule has 0 saturated carbocycles. The van der Waals surface area contributed by atoms with Crippen molar-refractivity contribution in [2.24, 2.45) is 5.73 Å². The Morgan fingerprint density at radius 1 is 0.548 bits per heavy atom. The van der Waals surface area contributed by atoms with E-state index in [-0.39, 0.29) is 71.3 Å². The SMILES string of the molecule is C.C.C.C.C.CC(=O)CNC(=O)Nc1c(C)cccc1C.CC(C)(C)S(=O)(=O)CNC(N)=O.Cc1ccc(S(=O)(=O)CNC(=O)NC(C)C)cc1.Cc1ccc(S(=O)(=O)CNC(=O)Nc2ccccc2)c(C)c1. The number of benzene rings is 4. The fourth-order valence-electron chi connectivity index (χ4n) is 5.14. The number of hydrogen-bond donors (Lipinski definition) is 8. The molecule has 0 fully saturated rings. The maximum Gasteiger partial charge on any atom is 0.320 e. The number of sulfone groups is 3. The Hall–Kier alpha value is -6.52. The first-order chi connectivity index (χ1) is 31.4. The molecule has 0 bridgehead atoms. The van der Waals surface area contributed by atoms with Crippen molar-refractivity contribution < 1.29 is 49.2 Å². The molecule has 9 N–H and O–H groups in total. The highest BCUT2D eigenvalue weighted by molar-refractivity contribution is 7.92. The van der Waals surface area contributed by atoms with Gasteiger partial charge in [-0.05, 0) is 123 Å². The maximum absolute atomic E-state index is 12.3. The number of urea groups is 4. The van der Waals surface area contributed by atoms with Crippen LogP contribution in [0.1, 0.15) is 106 Å². The molecule has 0 unspecified atom stereocenters. The molecular weight excluding hydrogens is 997 g/mol. The Kier molecular flexibility index (Phi) is 35.9. The van der Waals surface area contributed by atoms with E-state index in [0.717, 1.165) is 27.9 Å². The number of carbonyl (C=O) groups is 5. The van der Waals surface area contributed by atoms with Gasteiger partial charge in [0.05, 0.1) is 21.1 Å². The molecule has 73 heavy (non-hydrogen) atoms. The molecule has 22 heteroatoms. The lowest BCUT2D eigenvalue weighted by molar-refractivity contribution is -0.116. The number of hydrogen-bond acceptors (Lipinski definition) is 11. The summed E-state index contributed by atoms with van der Waals surface area (Å²) in [6, 6.07) is 24.0. The zero-order chi connectivity index (χ0) is 52.0. The second kappa shape index (κ2) is 34.8. The number of nitrogens with one attached hydrogen (secondary N) is 7. The van der Waals surface area contributed by atoms with Gasteiger partial charge in [0.15, 0.2) is 29.5 Å². The standard InChI is InChI=1S/C16H18N2O3S.C12H18N2O3S.C12H16N2O2.C6H14N2O3S.5CH4/c1-12-8-9-15(13(2)10-12)22(20,21)11-17-16(19)18-14-6-4-3-5-7-14;1-9(2)14-12(15)13-8-18(16,17)11-6-4-10(3)5-7-11;1-8-5-4-6-9(2)11(8)14-12(16)13-7-10(3)15;1-6(2,3)12(10,11)4-8-5(7)9;;;;;/h3-10H,11H2,1-2H3,(H2,17,18,19);4-7,9H,8H2,1-3H3,(H2,13,14,15);4-6H,7H2,1-3H3,(H2,13,14,16);4H2,1-3H3,(H3,7,8,9);5*1H4. The normalized spacial score (nSPS) is 10.3. The van der Waals surface area contributed by atoms with Crippen molar-refractivity contribution >= 4 is 70.8 Å². The van der Waals surface area contributed by atoms with Gasteiger partial charge in [-0.2, -0.15) is 0 Å². The van der Waals surface area contributed by atoms with Gasteiger partial charge in [0.1, 0.15) is 23.4 Å². The number of ketones is 1. The molecule has 4 rings (SSSR count). The van der Waals surface area contributed by atoms with Crippen molar-refractivity contribution in [3.05, 3.63) is 119 Å². The molecule has 0 heterocycles. The Bertz CT molecular complexity index is 2650. The van der Waals surface area contributed by atoms with Crippen LogP contribution < -0.4 is 43.0 Å². The third kappa shape index (κ3) is 29.6. The van der Waals surface area contributed by atoms with Crippen LogP contribution in [0.25, 0.3) is 0 Å². The van der Waals surface area contributed by atoms with Crippen LogP contribution in [-0.2, 0) is 34.3 Å². The lowest BCUT2D eigenvalue weighted by Crippen LogP contribution is -2.41. The molecule has 0 aromatic heterocycles. The Balaban J connectivity index is -0.000000281. The first-order valence-corrected chi connectivity index (χ1v) is 25.9. The first kappa shape index (κ1) is 75.4. The van der Waals surface area contributed by atoms with E-state index in [2.05, 4.69) is 31.9 Å². The van der Waals surface area contributed by atoms with Crippen molar-refractivity contribution in [2.45, 2.75) is 134 Å². The molecule has 4 aromatic rings. The number of Topliss-reactive ketones (excluding diaryl/α,β-unsaturated/α-hetero) is 1. The Morgan fingerprint density at radius 2 is 1.03 bits per heavy atom. The summed E-state index contributed by atoms with van der Waals surface area (Å²) in [4.78, 5) is 55.8. The summed E-state index contributed by atoms with van der Waals surface area (Å²) in [7, 11) is -10.4. The Labute approximate surface area is 437 Å². The molecule has 4 aromatic carbocycles. The number of primary amides is 1. The monoisotopic (exact) mass is 1080 g/mol. The molecule has 414 valence electrons. The van der Waals surface area contributed by atoms with Gasteiger partial charge in [0.2, 0.25) is 0 Å². The summed E-state index contributed by atoms with van der Waals surface area (Å²) < 4.78 is 70.0. The highest BCUT2D eigenvalue weighted by Gasteiger charge is 2.28. The summed E-state index contributed by atoms with van der Waals surface area (Å²) >= 11 is 0. The van der Waals surface area contributed by atoms with Gasteiger partial charge in [-0.1, -0.05) is 109 Å². The van der Waals surface area contributed by atoms with E-state index in [1.165, 1.54) is 19.1 Å². The summed E-state index contributed by atoms with van der Waals surface area (Å²) in [6.07, 6.45) is 0. The molecular formula is C51H86N8O11S3. The van der Waals surface area contributed by atoms with E-state index in [1.54, 1.807) is 96.1 Å². The van der Waals surface area contributed by atoms with E-state index in [0.29, 0.717) is 11.3 Å².